The Morgan fingerprint density at radius 2 is 1.95 bits per heavy atom. The van der Waals surface area contributed by atoms with Crippen LogP contribution >= 0.6 is 11.6 Å². The molecule has 2 aromatic rings. The van der Waals surface area contributed by atoms with Crippen LogP contribution in [-0.4, -0.2) is 25.2 Å². The average Bonchev–Trinajstić information content (AvgIpc) is 2.91. The second-order valence-electron chi connectivity index (χ2n) is 6.24. The molecule has 4 nitrogen and oxygen atoms in total. The zero-order valence-corrected chi connectivity index (χ0v) is 13.4. The van der Waals surface area contributed by atoms with Crippen molar-refractivity contribution in [2.45, 2.75) is 57.9 Å². The summed E-state index contributed by atoms with van der Waals surface area (Å²) in [6.45, 7) is 4.40. The second kappa shape index (κ2) is 5.06. The lowest BCUT2D eigenvalue weighted by atomic mass is 9.83. The Balaban J connectivity index is 2.22. The summed E-state index contributed by atoms with van der Waals surface area (Å²) in [5.41, 5.74) is 3.37. The first kappa shape index (κ1) is 13.9. The van der Waals surface area contributed by atoms with Gasteiger partial charge in [-0.25, -0.2) is 4.98 Å². The minimum Gasteiger partial charge on any atom is -0.307 e. The van der Waals surface area contributed by atoms with Gasteiger partial charge in [-0.2, -0.15) is 5.10 Å². The molecule has 2 heterocycles. The molecule has 1 aliphatic rings. The number of hydrogen-bond acceptors (Lipinski definition) is 2. The van der Waals surface area contributed by atoms with Crippen molar-refractivity contribution in [3.63, 3.8) is 0 Å². The molecule has 0 aromatic carbocycles. The van der Waals surface area contributed by atoms with Crippen LogP contribution in [0, 0.1) is 6.92 Å². The predicted octanol–water partition coefficient (Wildman–Crippen LogP) is 3.54. The molecule has 1 fully saturated rings. The summed E-state index contributed by atoms with van der Waals surface area (Å²) in [5.74, 6) is 1.74. The first-order valence-corrected chi connectivity index (χ1v) is 8.07. The summed E-state index contributed by atoms with van der Waals surface area (Å²) in [5, 5.41) is 4.54. The number of aryl methyl sites for hydroxylation is 3. The Morgan fingerprint density at radius 1 is 1.25 bits per heavy atom. The molecule has 20 heavy (non-hydrogen) atoms. The first-order valence-electron chi connectivity index (χ1n) is 7.54. The van der Waals surface area contributed by atoms with Gasteiger partial charge in [-0.1, -0.05) is 19.3 Å². The van der Waals surface area contributed by atoms with Crippen molar-refractivity contribution in [1.82, 2.24) is 19.3 Å². The van der Waals surface area contributed by atoms with Gasteiger partial charge in [0.15, 0.2) is 5.65 Å². The Morgan fingerprint density at radius 3 is 2.60 bits per heavy atom. The van der Waals surface area contributed by atoms with E-state index >= 15 is 0 Å². The van der Waals surface area contributed by atoms with Gasteiger partial charge in [0.1, 0.15) is 11.3 Å². The van der Waals surface area contributed by atoms with E-state index in [0.29, 0.717) is 5.88 Å². The van der Waals surface area contributed by atoms with Crippen LogP contribution in [0.4, 0.5) is 0 Å². The first-order chi connectivity index (χ1) is 9.57. The lowest BCUT2D eigenvalue weighted by Gasteiger charge is -2.36. The Kier molecular flexibility index (Phi) is 3.53. The fourth-order valence-corrected chi connectivity index (χ4v) is 3.84. The van der Waals surface area contributed by atoms with Gasteiger partial charge >= 0.3 is 0 Å². The van der Waals surface area contributed by atoms with Crippen molar-refractivity contribution < 1.29 is 0 Å². The summed E-state index contributed by atoms with van der Waals surface area (Å²) < 4.78 is 4.42. The van der Waals surface area contributed by atoms with E-state index in [-0.39, 0.29) is 5.54 Å². The van der Waals surface area contributed by atoms with Crippen LogP contribution in [0.5, 0.6) is 0 Å². The lowest BCUT2D eigenvalue weighted by molar-refractivity contribution is 0.217. The minimum atomic E-state index is 0.161. The lowest BCUT2D eigenvalue weighted by Crippen LogP contribution is -2.34. The summed E-state index contributed by atoms with van der Waals surface area (Å²) in [6, 6.07) is 0. The van der Waals surface area contributed by atoms with E-state index in [4.69, 9.17) is 16.6 Å². The number of fused-ring (bicyclic) bond motifs is 1. The van der Waals surface area contributed by atoms with Crippen molar-refractivity contribution in [3.05, 3.63) is 11.5 Å². The van der Waals surface area contributed by atoms with E-state index in [0.717, 1.165) is 29.1 Å². The highest BCUT2D eigenvalue weighted by Crippen LogP contribution is 2.38. The van der Waals surface area contributed by atoms with Gasteiger partial charge in [0.25, 0.3) is 0 Å². The van der Waals surface area contributed by atoms with Crippen LogP contribution in [0.3, 0.4) is 0 Å². The van der Waals surface area contributed by atoms with Gasteiger partial charge < -0.3 is 4.57 Å². The van der Waals surface area contributed by atoms with E-state index in [1.165, 1.54) is 32.1 Å². The number of imidazole rings is 1. The fraction of sp³-hybridized carbons (Fsp3) is 0.733. The van der Waals surface area contributed by atoms with E-state index < -0.39 is 0 Å². The molecular formula is C15H23ClN4. The van der Waals surface area contributed by atoms with Gasteiger partial charge in [0, 0.05) is 24.9 Å². The number of alkyl halides is 1. The van der Waals surface area contributed by atoms with E-state index in [1.807, 2.05) is 18.7 Å². The molecule has 0 amide bonds. The third kappa shape index (κ3) is 2.05. The van der Waals surface area contributed by atoms with Crippen LogP contribution in [0.1, 0.15) is 50.5 Å². The topological polar surface area (TPSA) is 35.6 Å². The van der Waals surface area contributed by atoms with E-state index in [9.17, 15) is 0 Å². The van der Waals surface area contributed by atoms with Gasteiger partial charge in [-0.05, 0) is 26.7 Å². The van der Waals surface area contributed by atoms with Gasteiger partial charge in [0.05, 0.1) is 5.69 Å². The normalized spacial score (nSPS) is 18.8. The third-order valence-corrected chi connectivity index (χ3v) is 4.85. The number of hydrogen-bond donors (Lipinski definition) is 0. The fourth-order valence-electron chi connectivity index (χ4n) is 3.67. The van der Waals surface area contributed by atoms with Gasteiger partial charge in [0.2, 0.25) is 0 Å². The summed E-state index contributed by atoms with van der Waals surface area (Å²) >= 11 is 5.99. The molecule has 0 atom stereocenters. The largest absolute Gasteiger partial charge is 0.307 e. The highest BCUT2D eigenvalue weighted by molar-refractivity contribution is 6.17. The maximum absolute atomic E-state index is 5.99. The van der Waals surface area contributed by atoms with Crippen LogP contribution < -0.4 is 0 Å². The standard InChI is InChI=1S/C15H23ClN4/c1-11-13-14(19(3)18-11)20(12(17-13)7-10-16)15(2)8-5-4-6-9-15/h4-10H2,1-3H3. The molecule has 0 saturated heterocycles. The Bertz CT molecular complexity index is 619. The van der Waals surface area contributed by atoms with Crippen LogP contribution in [-0.2, 0) is 19.0 Å². The quantitative estimate of drug-likeness (QED) is 0.812. The van der Waals surface area contributed by atoms with Crippen molar-refractivity contribution in [2.75, 3.05) is 5.88 Å². The number of nitrogens with zero attached hydrogens (tertiary/aromatic N) is 4. The smallest absolute Gasteiger partial charge is 0.159 e. The average molecular weight is 295 g/mol. The maximum atomic E-state index is 5.99. The highest BCUT2D eigenvalue weighted by Gasteiger charge is 2.33. The van der Waals surface area contributed by atoms with Crippen LogP contribution in [0.15, 0.2) is 0 Å². The molecule has 5 heteroatoms. The molecule has 0 spiro atoms. The minimum absolute atomic E-state index is 0.161. The molecule has 110 valence electrons. The molecule has 1 saturated carbocycles. The third-order valence-electron chi connectivity index (χ3n) is 4.66. The van der Waals surface area contributed by atoms with Crippen molar-refractivity contribution in [1.29, 1.82) is 0 Å². The van der Waals surface area contributed by atoms with Crippen molar-refractivity contribution in [2.24, 2.45) is 7.05 Å². The summed E-state index contributed by atoms with van der Waals surface area (Å²) in [6.07, 6.45) is 7.21. The van der Waals surface area contributed by atoms with Crippen molar-refractivity contribution >= 4 is 22.8 Å². The van der Waals surface area contributed by atoms with Crippen LogP contribution in [0.25, 0.3) is 11.2 Å². The van der Waals surface area contributed by atoms with Crippen LogP contribution in [0.2, 0.25) is 0 Å². The molecule has 0 unspecified atom stereocenters. The number of aromatic nitrogens is 4. The Hall–Kier alpha value is -1.03. The molecule has 0 bridgehead atoms. The maximum Gasteiger partial charge on any atom is 0.159 e. The van der Waals surface area contributed by atoms with Gasteiger partial charge in [-0.3, -0.25) is 4.68 Å². The molecule has 0 radical (unpaired) electrons. The zero-order valence-electron chi connectivity index (χ0n) is 12.6. The van der Waals surface area contributed by atoms with Gasteiger partial charge in [-0.15, -0.1) is 11.6 Å². The molecule has 3 rings (SSSR count). The molecule has 1 aliphatic carbocycles. The Labute approximate surface area is 125 Å². The highest BCUT2D eigenvalue weighted by atomic mass is 35.5. The molecule has 0 N–H and O–H groups in total. The van der Waals surface area contributed by atoms with E-state index in [1.54, 1.807) is 0 Å². The summed E-state index contributed by atoms with van der Waals surface area (Å²) in [4.78, 5) is 4.84. The zero-order chi connectivity index (χ0) is 14.3. The molecular weight excluding hydrogens is 272 g/mol. The monoisotopic (exact) mass is 294 g/mol. The predicted molar refractivity (Wildman–Crippen MR) is 82.4 cm³/mol. The SMILES string of the molecule is Cc1nn(C)c2c1nc(CCCl)n2C1(C)CCCCC1. The van der Waals surface area contributed by atoms with Crippen molar-refractivity contribution in [3.8, 4) is 0 Å². The molecule has 0 aliphatic heterocycles. The molecule has 2 aromatic heterocycles. The van der Waals surface area contributed by atoms with E-state index in [2.05, 4.69) is 16.6 Å². The second-order valence-corrected chi connectivity index (χ2v) is 6.62. The summed E-state index contributed by atoms with van der Waals surface area (Å²) in [7, 11) is 2.02. The number of halogens is 1. The number of rotatable bonds is 3.